The Morgan fingerprint density at radius 2 is 1.86 bits per heavy atom. The van der Waals surface area contributed by atoms with Gasteiger partial charge in [0.1, 0.15) is 0 Å². The van der Waals surface area contributed by atoms with Gasteiger partial charge in [0, 0.05) is 11.8 Å². The second kappa shape index (κ2) is 2.98. The van der Waals surface area contributed by atoms with Gasteiger partial charge in [-0.1, -0.05) is 30.3 Å². The molecule has 1 fully saturated rings. The lowest BCUT2D eigenvalue weighted by Gasteiger charge is -1.95. The smallest absolute Gasteiger partial charge is 0.0568 e. The highest BCUT2D eigenvalue weighted by Gasteiger charge is 2.24. The van der Waals surface area contributed by atoms with Gasteiger partial charge < -0.3 is 0 Å². The Kier molecular flexibility index (Phi) is 1.66. The van der Waals surface area contributed by atoms with Gasteiger partial charge in [-0.2, -0.15) is 5.10 Å². The Labute approximate surface area is 83.2 Å². The zero-order chi connectivity index (χ0) is 9.38. The molecule has 0 amide bonds. The van der Waals surface area contributed by atoms with Crippen LogP contribution in [0.15, 0.2) is 42.7 Å². The van der Waals surface area contributed by atoms with Crippen molar-refractivity contribution < 1.29 is 0 Å². The SMILES string of the molecule is c1ccc(-c2cnn(C3CC3)c2)cc1. The second-order valence-electron chi connectivity index (χ2n) is 3.81. The van der Waals surface area contributed by atoms with E-state index in [1.165, 1.54) is 24.0 Å². The van der Waals surface area contributed by atoms with Crippen molar-refractivity contribution in [2.24, 2.45) is 0 Å². The predicted molar refractivity (Wildman–Crippen MR) is 55.9 cm³/mol. The minimum Gasteiger partial charge on any atom is -0.269 e. The molecule has 0 aliphatic heterocycles. The highest BCUT2D eigenvalue weighted by atomic mass is 15.3. The minimum absolute atomic E-state index is 0.674. The van der Waals surface area contributed by atoms with E-state index in [1.807, 2.05) is 12.3 Å². The van der Waals surface area contributed by atoms with Crippen molar-refractivity contribution in [3.8, 4) is 11.1 Å². The van der Waals surface area contributed by atoms with E-state index in [0.717, 1.165) is 0 Å². The first-order valence-corrected chi connectivity index (χ1v) is 5.03. The maximum atomic E-state index is 4.37. The summed E-state index contributed by atoms with van der Waals surface area (Å²) in [5.41, 5.74) is 2.47. The summed E-state index contributed by atoms with van der Waals surface area (Å²) in [5.74, 6) is 0. The van der Waals surface area contributed by atoms with Crippen molar-refractivity contribution in [1.82, 2.24) is 9.78 Å². The molecule has 1 heterocycles. The molecule has 0 saturated heterocycles. The summed E-state index contributed by atoms with van der Waals surface area (Å²) in [4.78, 5) is 0. The van der Waals surface area contributed by atoms with Gasteiger partial charge in [-0.15, -0.1) is 0 Å². The third-order valence-corrected chi connectivity index (χ3v) is 2.63. The summed E-state index contributed by atoms with van der Waals surface area (Å²) < 4.78 is 2.09. The van der Waals surface area contributed by atoms with Crippen LogP contribution in [-0.4, -0.2) is 9.78 Å². The van der Waals surface area contributed by atoms with Crippen LogP contribution in [0, 0.1) is 0 Å². The molecule has 1 aliphatic carbocycles. The molecule has 70 valence electrons. The molecule has 1 saturated carbocycles. The van der Waals surface area contributed by atoms with Gasteiger partial charge in [-0.25, -0.2) is 0 Å². The molecule has 2 nitrogen and oxygen atoms in total. The first kappa shape index (κ1) is 7.80. The number of nitrogens with zero attached hydrogens (tertiary/aromatic N) is 2. The molecule has 0 radical (unpaired) electrons. The summed E-state index contributed by atoms with van der Waals surface area (Å²) in [5, 5.41) is 4.37. The fourth-order valence-corrected chi connectivity index (χ4v) is 1.66. The van der Waals surface area contributed by atoms with E-state index in [4.69, 9.17) is 0 Å². The zero-order valence-electron chi connectivity index (χ0n) is 7.93. The first-order valence-electron chi connectivity index (χ1n) is 5.03. The van der Waals surface area contributed by atoms with Gasteiger partial charge in [-0.05, 0) is 18.4 Å². The van der Waals surface area contributed by atoms with Crippen molar-refractivity contribution in [2.75, 3.05) is 0 Å². The van der Waals surface area contributed by atoms with Crippen LogP contribution in [0.2, 0.25) is 0 Å². The van der Waals surface area contributed by atoms with Gasteiger partial charge in [0.15, 0.2) is 0 Å². The second-order valence-corrected chi connectivity index (χ2v) is 3.81. The van der Waals surface area contributed by atoms with Gasteiger partial charge >= 0.3 is 0 Å². The maximum absolute atomic E-state index is 4.37. The van der Waals surface area contributed by atoms with Gasteiger partial charge in [0.25, 0.3) is 0 Å². The highest BCUT2D eigenvalue weighted by Crippen LogP contribution is 2.35. The monoisotopic (exact) mass is 184 g/mol. The van der Waals surface area contributed by atoms with E-state index in [-0.39, 0.29) is 0 Å². The van der Waals surface area contributed by atoms with E-state index in [9.17, 15) is 0 Å². The van der Waals surface area contributed by atoms with Crippen molar-refractivity contribution in [1.29, 1.82) is 0 Å². The number of hydrogen-bond acceptors (Lipinski definition) is 1. The van der Waals surface area contributed by atoms with Crippen molar-refractivity contribution in [3.05, 3.63) is 42.7 Å². The Hall–Kier alpha value is -1.57. The number of aromatic nitrogens is 2. The summed E-state index contributed by atoms with van der Waals surface area (Å²) in [6, 6.07) is 11.1. The van der Waals surface area contributed by atoms with Gasteiger partial charge in [0.05, 0.1) is 12.2 Å². The fraction of sp³-hybridized carbons (Fsp3) is 0.250. The van der Waals surface area contributed by atoms with Crippen LogP contribution in [0.25, 0.3) is 11.1 Å². The number of hydrogen-bond donors (Lipinski definition) is 0. The highest BCUT2D eigenvalue weighted by molar-refractivity contribution is 5.61. The average Bonchev–Trinajstić information content (AvgIpc) is 2.98. The van der Waals surface area contributed by atoms with Crippen LogP contribution in [0.1, 0.15) is 18.9 Å². The van der Waals surface area contributed by atoms with E-state index in [2.05, 4.69) is 40.2 Å². The molecule has 1 aliphatic rings. The molecule has 0 spiro atoms. The lowest BCUT2D eigenvalue weighted by Crippen LogP contribution is -1.91. The van der Waals surface area contributed by atoms with E-state index in [1.54, 1.807) is 0 Å². The van der Waals surface area contributed by atoms with E-state index in [0.29, 0.717) is 6.04 Å². The fourth-order valence-electron chi connectivity index (χ4n) is 1.66. The van der Waals surface area contributed by atoms with E-state index >= 15 is 0 Å². The van der Waals surface area contributed by atoms with Crippen LogP contribution >= 0.6 is 0 Å². The molecule has 2 aromatic rings. The Bertz CT molecular complexity index is 427. The largest absolute Gasteiger partial charge is 0.269 e. The van der Waals surface area contributed by atoms with Crippen molar-refractivity contribution in [3.63, 3.8) is 0 Å². The summed E-state index contributed by atoms with van der Waals surface area (Å²) in [7, 11) is 0. The van der Waals surface area contributed by atoms with Crippen LogP contribution in [-0.2, 0) is 0 Å². The Morgan fingerprint density at radius 1 is 1.07 bits per heavy atom. The van der Waals surface area contributed by atoms with Crippen molar-refractivity contribution >= 4 is 0 Å². The molecular weight excluding hydrogens is 172 g/mol. The van der Waals surface area contributed by atoms with Crippen LogP contribution in [0.4, 0.5) is 0 Å². The van der Waals surface area contributed by atoms with Crippen LogP contribution in [0.5, 0.6) is 0 Å². The molecule has 1 aromatic heterocycles. The average molecular weight is 184 g/mol. The van der Waals surface area contributed by atoms with E-state index < -0.39 is 0 Å². The van der Waals surface area contributed by atoms with Crippen LogP contribution < -0.4 is 0 Å². The zero-order valence-corrected chi connectivity index (χ0v) is 7.93. The molecule has 3 rings (SSSR count). The Morgan fingerprint density at radius 3 is 2.57 bits per heavy atom. The molecule has 2 heteroatoms. The maximum Gasteiger partial charge on any atom is 0.0568 e. The third kappa shape index (κ3) is 1.33. The number of rotatable bonds is 2. The molecule has 1 aromatic carbocycles. The standard InChI is InChI=1S/C12H12N2/c1-2-4-10(5-3-1)11-8-13-14(9-11)12-6-7-12/h1-5,8-9,12H,6-7H2. The number of benzene rings is 1. The molecule has 0 atom stereocenters. The topological polar surface area (TPSA) is 17.8 Å². The third-order valence-electron chi connectivity index (χ3n) is 2.63. The van der Waals surface area contributed by atoms with Gasteiger partial charge in [-0.3, -0.25) is 4.68 Å². The summed E-state index contributed by atoms with van der Waals surface area (Å²) in [6.45, 7) is 0. The normalized spacial score (nSPS) is 15.7. The lowest BCUT2D eigenvalue weighted by atomic mass is 10.1. The van der Waals surface area contributed by atoms with Gasteiger partial charge in [0.2, 0.25) is 0 Å². The Balaban J connectivity index is 1.96. The quantitative estimate of drug-likeness (QED) is 0.701. The van der Waals surface area contributed by atoms with Crippen molar-refractivity contribution in [2.45, 2.75) is 18.9 Å². The molecule has 0 bridgehead atoms. The summed E-state index contributed by atoms with van der Waals surface area (Å²) >= 11 is 0. The predicted octanol–water partition coefficient (Wildman–Crippen LogP) is 2.89. The summed E-state index contributed by atoms with van der Waals surface area (Å²) in [6.07, 6.45) is 6.67. The first-order chi connectivity index (χ1) is 6.93. The molecule has 0 unspecified atom stereocenters. The minimum atomic E-state index is 0.674. The molecule has 14 heavy (non-hydrogen) atoms. The molecule has 0 N–H and O–H groups in total. The van der Waals surface area contributed by atoms with Crippen LogP contribution in [0.3, 0.4) is 0 Å². The lowest BCUT2D eigenvalue weighted by molar-refractivity contribution is 0.642. The molecular formula is C12H12N2.